The molecule has 0 spiro atoms. The van der Waals surface area contributed by atoms with Crippen molar-refractivity contribution >= 4 is 10.9 Å². The first kappa shape index (κ1) is 17.9. The highest BCUT2D eigenvalue weighted by Gasteiger charge is 2.34. The smallest absolute Gasteiger partial charge is 0.418 e. The summed E-state index contributed by atoms with van der Waals surface area (Å²) < 4.78 is 59.1. The Kier molecular flexibility index (Phi) is 4.86. The van der Waals surface area contributed by atoms with E-state index < -0.39 is 23.2 Å². The van der Waals surface area contributed by atoms with Crippen LogP contribution in [0.4, 0.5) is 17.6 Å². The average molecular weight is 356 g/mol. The normalized spacial score (nSPS) is 17.4. The Labute approximate surface area is 143 Å². The zero-order chi connectivity index (χ0) is 18.2. The Morgan fingerprint density at radius 3 is 2.48 bits per heavy atom. The number of ether oxygens (including phenoxy) is 1. The lowest BCUT2D eigenvalue weighted by atomic mass is 10.1. The predicted molar refractivity (Wildman–Crippen MR) is 87.1 cm³/mol. The molecule has 0 bridgehead atoms. The molecule has 0 aliphatic carbocycles. The van der Waals surface area contributed by atoms with Crippen LogP contribution in [-0.4, -0.2) is 35.1 Å². The van der Waals surface area contributed by atoms with E-state index in [2.05, 4.69) is 23.7 Å². The number of piperidine rings is 1. The van der Waals surface area contributed by atoms with Gasteiger partial charge in [-0.1, -0.05) is 6.07 Å². The van der Waals surface area contributed by atoms with Crippen LogP contribution in [0.2, 0.25) is 0 Å². The Balaban J connectivity index is 1.90. The molecule has 1 aliphatic heterocycles. The van der Waals surface area contributed by atoms with Gasteiger partial charge in [-0.05, 0) is 38.8 Å². The minimum absolute atomic E-state index is 0.122. The van der Waals surface area contributed by atoms with Gasteiger partial charge in [-0.2, -0.15) is 17.6 Å². The van der Waals surface area contributed by atoms with Gasteiger partial charge in [-0.15, -0.1) is 0 Å². The first-order valence-electron chi connectivity index (χ1n) is 8.33. The molecule has 1 aromatic heterocycles. The first-order valence-corrected chi connectivity index (χ1v) is 8.33. The van der Waals surface area contributed by atoms with Crippen molar-refractivity contribution in [2.75, 3.05) is 13.1 Å². The molecule has 0 N–H and O–H groups in total. The van der Waals surface area contributed by atoms with E-state index in [-0.39, 0.29) is 17.2 Å². The summed E-state index contributed by atoms with van der Waals surface area (Å²) in [6.45, 7) is 5.93. The summed E-state index contributed by atoms with van der Waals surface area (Å²) in [5, 5.41) is 0.183. The summed E-state index contributed by atoms with van der Waals surface area (Å²) in [6.07, 6.45) is -3.24. The van der Waals surface area contributed by atoms with Crippen molar-refractivity contribution in [1.29, 1.82) is 0 Å². The number of likely N-dealkylation sites (tertiary alicyclic amines) is 1. The molecule has 136 valence electrons. The molecule has 2 heterocycles. The van der Waals surface area contributed by atoms with Crippen molar-refractivity contribution in [1.82, 2.24) is 9.88 Å². The molecule has 0 unspecified atom stereocenters. The second-order valence-electron chi connectivity index (χ2n) is 6.59. The Morgan fingerprint density at radius 2 is 1.88 bits per heavy atom. The Hall–Kier alpha value is -1.89. The summed E-state index contributed by atoms with van der Waals surface area (Å²) in [5.74, 6) is -0.851. The van der Waals surface area contributed by atoms with Crippen LogP contribution < -0.4 is 4.74 Å². The van der Waals surface area contributed by atoms with E-state index in [1.165, 1.54) is 12.1 Å². The maximum absolute atomic E-state index is 13.8. The summed E-state index contributed by atoms with van der Waals surface area (Å²) in [6, 6.07) is 5.18. The molecule has 0 radical (unpaired) electrons. The molecular weight excluding hydrogens is 336 g/mol. The number of rotatable bonds is 3. The van der Waals surface area contributed by atoms with Gasteiger partial charge < -0.3 is 9.64 Å². The van der Waals surface area contributed by atoms with Crippen LogP contribution in [0, 0.1) is 5.95 Å². The van der Waals surface area contributed by atoms with Gasteiger partial charge in [0.25, 0.3) is 0 Å². The fourth-order valence-corrected chi connectivity index (χ4v) is 3.20. The number of halogens is 4. The lowest BCUT2D eigenvalue weighted by molar-refractivity contribution is -0.136. The van der Waals surface area contributed by atoms with Crippen molar-refractivity contribution in [2.45, 2.75) is 45.0 Å². The minimum Gasteiger partial charge on any atom is -0.489 e. The van der Waals surface area contributed by atoms with Gasteiger partial charge in [0.2, 0.25) is 5.95 Å². The molecular formula is C18H20F4N2O. The zero-order valence-corrected chi connectivity index (χ0v) is 14.1. The van der Waals surface area contributed by atoms with Crippen molar-refractivity contribution in [3.63, 3.8) is 0 Å². The summed E-state index contributed by atoms with van der Waals surface area (Å²) in [4.78, 5) is 5.77. The molecule has 7 heteroatoms. The third kappa shape index (κ3) is 3.86. The number of benzene rings is 1. The number of pyridine rings is 1. The van der Waals surface area contributed by atoms with Crippen LogP contribution in [0.25, 0.3) is 10.9 Å². The van der Waals surface area contributed by atoms with Crippen LogP contribution in [-0.2, 0) is 6.18 Å². The minimum atomic E-state index is -4.60. The lowest BCUT2D eigenvalue weighted by Gasteiger charge is -2.34. The van der Waals surface area contributed by atoms with Crippen LogP contribution in [0.15, 0.2) is 24.3 Å². The SMILES string of the molecule is CC(C)N1CCC(Oc2cc(F)nc3c(C(F)(F)F)cccc23)CC1. The molecule has 1 saturated heterocycles. The predicted octanol–water partition coefficient (Wildman–Crippen LogP) is 4.64. The fourth-order valence-electron chi connectivity index (χ4n) is 3.20. The molecule has 0 saturated carbocycles. The molecule has 25 heavy (non-hydrogen) atoms. The topological polar surface area (TPSA) is 25.4 Å². The summed E-state index contributed by atoms with van der Waals surface area (Å²) in [5.41, 5.74) is -1.37. The van der Waals surface area contributed by atoms with Crippen molar-refractivity contribution in [2.24, 2.45) is 0 Å². The standard InChI is InChI=1S/C18H20F4N2O/c1-11(2)24-8-6-12(7-9-24)25-15-10-16(19)23-17-13(15)4-3-5-14(17)18(20,21)22/h3-5,10-12H,6-9H2,1-2H3. The lowest BCUT2D eigenvalue weighted by Crippen LogP contribution is -2.41. The van der Waals surface area contributed by atoms with Crippen LogP contribution in [0.5, 0.6) is 5.75 Å². The maximum Gasteiger partial charge on any atom is 0.418 e. The maximum atomic E-state index is 13.8. The molecule has 1 aromatic carbocycles. The van der Waals surface area contributed by atoms with E-state index in [0.29, 0.717) is 6.04 Å². The number of aromatic nitrogens is 1. The van der Waals surface area contributed by atoms with Gasteiger partial charge in [0.15, 0.2) is 0 Å². The fraction of sp³-hybridized carbons (Fsp3) is 0.500. The average Bonchev–Trinajstić information content (AvgIpc) is 2.53. The summed E-state index contributed by atoms with van der Waals surface area (Å²) in [7, 11) is 0. The molecule has 1 fully saturated rings. The first-order chi connectivity index (χ1) is 11.8. The summed E-state index contributed by atoms with van der Waals surface area (Å²) >= 11 is 0. The second kappa shape index (κ2) is 6.78. The zero-order valence-electron chi connectivity index (χ0n) is 14.1. The largest absolute Gasteiger partial charge is 0.489 e. The van der Waals surface area contributed by atoms with Gasteiger partial charge in [-0.3, -0.25) is 0 Å². The van der Waals surface area contributed by atoms with E-state index in [1.807, 2.05) is 0 Å². The van der Waals surface area contributed by atoms with E-state index in [4.69, 9.17) is 4.74 Å². The highest BCUT2D eigenvalue weighted by atomic mass is 19.4. The van der Waals surface area contributed by atoms with E-state index in [9.17, 15) is 17.6 Å². The Morgan fingerprint density at radius 1 is 1.20 bits per heavy atom. The van der Waals surface area contributed by atoms with E-state index in [1.54, 1.807) is 0 Å². The van der Waals surface area contributed by atoms with Crippen molar-refractivity contribution < 1.29 is 22.3 Å². The third-order valence-corrected chi connectivity index (χ3v) is 4.58. The monoisotopic (exact) mass is 356 g/mol. The van der Waals surface area contributed by atoms with Gasteiger partial charge in [0.05, 0.1) is 11.1 Å². The number of hydrogen-bond acceptors (Lipinski definition) is 3. The molecule has 0 atom stereocenters. The molecule has 0 amide bonds. The molecule has 1 aliphatic rings. The highest BCUT2D eigenvalue weighted by molar-refractivity contribution is 5.87. The van der Waals surface area contributed by atoms with Gasteiger partial charge in [-0.25, -0.2) is 4.98 Å². The van der Waals surface area contributed by atoms with E-state index >= 15 is 0 Å². The van der Waals surface area contributed by atoms with Crippen molar-refractivity contribution in [3.05, 3.63) is 35.8 Å². The molecule has 3 nitrogen and oxygen atoms in total. The quantitative estimate of drug-likeness (QED) is 0.592. The molecule has 2 aromatic rings. The third-order valence-electron chi connectivity index (χ3n) is 4.58. The second-order valence-corrected chi connectivity index (χ2v) is 6.59. The van der Waals surface area contributed by atoms with Gasteiger partial charge >= 0.3 is 6.18 Å². The number of alkyl halides is 3. The van der Waals surface area contributed by atoms with Crippen LogP contribution in [0.1, 0.15) is 32.3 Å². The van der Waals surface area contributed by atoms with E-state index in [0.717, 1.165) is 38.1 Å². The number of hydrogen-bond donors (Lipinski definition) is 0. The molecule has 3 rings (SSSR count). The number of fused-ring (bicyclic) bond motifs is 1. The van der Waals surface area contributed by atoms with Gasteiger partial charge in [0.1, 0.15) is 11.9 Å². The van der Waals surface area contributed by atoms with Gasteiger partial charge in [0, 0.05) is 30.6 Å². The van der Waals surface area contributed by atoms with Crippen LogP contribution >= 0.6 is 0 Å². The van der Waals surface area contributed by atoms with Crippen LogP contribution in [0.3, 0.4) is 0 Å². The Bertz CT molecular complexity index is 753. The number of nitrogens with zero attached hydrogens (tertiary/aromatic N) is 2. The highest BCUT2D eigenvalue weighted by Crippen LogP contribution is 2.37. The van der Waals surface area contributed by atoms with Crippen molar-refractivity contribution in [3.8, 4) is 5.75 Å². The number of para-hydroxylation sites is 1.